The number of nitrogens with one attached hydrogen (secondary N) is 1. The standard InChI is InChI=1S/C10H9ClN4O4S/c1-15-9(8(11)5-13-15)20(18,19)14-7-2-6(10(16)17)3-12-4-7/h2-5,14H,1H3,(H,16,17). The number of rotatable bonds is 4. The van der Waals surface area contributed by atoms with Crippen molar-refractivity contribution in [1.29, 1.82) is 0 Å². The lowest BCUT2D eigenvalue weighted by Crippen LogP contribution is -2.17. The quantitative estimate of drug-likeness (QED) is 0.868. The summed E-state index contributed by atoms with van der Waals surface area (Å²) in [6, 6.07) is 1.15. The first-order chi connectivity index (χ1) is 9.31. The van der Waals surface area contributed by atoms with Crippen molar-refractivity contribution in [3.05, 3.63) is 35.2 Å². The van der Waals surface area contributed by atoms with Crippen LogP contribution in [0.25, 0.3) is 0 Å². The van der Waals surface area contributed by atoms with Gasteiger partial charge in [0.15, 0.2) is 5.03 Å². The maximum atomic E-state index is 12.2. The summed E-state index contributed by atoms with van der Waals surface area (Å²) in [5.74, 6) is -1.21. The molecular weight excluding hydrogens is 308 g/mol. The number of hydrogen-bond donors (Lipinski definition) is 2. The number of anilines is 1. The molecule has 0 aliphatic heterocycles. The Balaban J connectivity index is 2.39. The molecule has 2 aromatic rings. The van der Waals surface area contributed by atoms with Crippen LogP contribution in [-0.4, -0.2) is 34.3 Å². The average molecular weight is 317 g/mol. The number of aromatic carboxylic acids is 1. The number of aryl methyl sites for hydroxylation is 1. The zero-order valence-electron chi connectivity index (χ0n) is 10.1. The van der Waals surface area contributed by atoms with E-state index in [4.69, 9.17) is 16.7 Å². The minimum Gasteiger partial charge on any atom is -0.478 e. The fourth-order valence-electron chi connectivity index (χ4n) is 1.52. The lowest BCUT2D eigenvalue weighted by Gasteiger charge is -2.08. The van der Waals surface area contributed by atoms with E-state index in [0.717, 1.165) is 16.9 Å². The molecule has 8 nitrogen and oxygen atoms in total. The third kappa shape index (κ3) is 2.73. The normalized spacial score (nSPS) is 11.3. The van der Waals surface area contributed by atoms with Gasteiger partial charge in [0, 0.05) is 13.2 Å². The summed E-state index contributed by atoms with van der Waals surface area (Å²) in [6.45, 7) is 0. The van der Waals surface area contributed by atoms with Crippen molar-refractivity contribution in [3.8, 4) is 0 Å². The van der Waals surface area contributed by atoms with E-state index in [1.165, 1.54) is 19.4 Å². The summed E-state index contributed by atoms with van der Waals surface area (Å²) in [6.07, 6.45) is 3.49. The maximum absolute atomic E-state index is 12.2. The number of aromatic nitrogens is 3. The Kier molecular flexibility index (Phi) is 3.64. The van der Waals surface area contributed by atoms with Crippen molar-refractivity contribution >= 4 is 33.3 Å². The van der Waals surface area contributed by atoms with Crippen LogP contribution in [0.15, 0.2) is 29.7 Å². The van der Waals surface area contributed by atoms with E-state index in [1.54, 1.807) is 0 Å². The zero-order valence-corrected chi connectivity index (χ0v) is 11.7. The summed E-state index contributed by atoms with van der Waals surface area (Å²) in [5, 5.41) is 12.3. The second-order valence-corrected chi connectivity index (χ2v) is 5.80. The molecule has 0 radical (unpaired) electrons. The molecule has 2 N–H and O–H groups in total. The summed E-state index contributed by atoms with van der Waals surface area (Å²) in [4.78, 5) is 14.5. The molecule has 0 spiro atoms. The number of sulfonamides is 1. The second-order valence-electron chi connectivity index (χ2n) is 3.79. The highest BCUT2D eigenvalue weighted by Crippen LogP contribution is 2.22. The van der Waals surface area contributed by atoms with Gasteiger partial charge in [0.25, 0.3) is 10.0 Å². The van der Waals surface area contributed by atoms with Crippen LogP contribution in [0.3, 0.4) is 0 Å². The Bertz CT molecular complexity index is 752. The molecule has 0 fully saturated rings. The van der Waals surface area contributed by atoms with Gasteiger partial charge in [-0.25, -0.2) is 4.79 Å². The molecular formula is C10H9ClN4O4S. The molecule has 2 heterocycles. The van der Waals surface area contributed by atoms with Gasteiger partial charge in [-0.3, -0.25) is 14.4 Å². The molecule has 0 amide bonds. The predicted octanol–water partition coefficient (Wildman–Crippen LogP) is 0.968. The van der Waals surface area contributed by atoms with E-state index >= 15 is 0 Å². The molecule has 0 unspecified atom stereocenters. The van der Waals surface area contributed by atoms with E-state index in [2.05, 4.69) is 14.8 Å². The van der Waals surface area contributed by atoms with Crippen LogP contribution >= 0.6 is 11.6 Å². The van der Waals surface area contributed by atoms with Gasteiger partial charge in [-0.1, -0.05) is 11.6 Å². The third-order valence-electron chi connectivity index (χ3n) is 2.33. The molecule has 0 bridgehead atoms. The largest absolute Gasteiger partial charge is 0.478 e. The Morgan fingerprint density at radius 3 is 2.65 bits per heavy atom. The first-order valence-electron chi connectivity index (χ1n) is 5.20. The number of nitrogens with zero attached hydrogens (tertiary/aromatic N) is 3. The van der Waals surface area contributed by atoms with Crippen molar-refractivity contribution < 1.29 is 18.3 Å². The lowest BCUT2D eigenvalue weighted by molar-refractivity contribution is 0.0696. The highest BCUT2D eigenvalue weighted by Gasteiger charge is 2.23. The van der Waals surface area contributed by atoms with Gasteiger partial charge in [-0.15, -0.1) is 0 Å². The van der Waals surface area contributed by atoms with Gasteiger partial charge in [0.2, 0.25) is 0 Å². The van der Waals surface area contributed by atoms with Gasteiger partial charge in [0.05, 0.1) is 28.7 Å². The van der Waals surface area contributed by atoms with Crippen LogP contribution < -0.4 is 4.72 Å². The number of pyridine rings is 1. The zero-order chi connectivity index (χ0) is 14.9. The first kappa shape index (κ1) is 14.3. The van der Waals surface area contributed by atoms with Crippen molar-refractivity contribution in [3.63, 3.8) is 0 Å². The number of carboxylic acid groups (broad SMARTS) is 1. The molecule has 0 atom stereocenters. The molecule has 106 valence electrons. The number of hydrogen-bond acceptors (Lipinski definition) is 5. The fourth-order valence-corrected chi connectivity index (χ4v) is 3.21. The minimum absolute atomic E-state index is 0.0159. The summed E-state index contributed by atoms with van der Waals surface area (Å²) < 4.78 is 27.6. The molecule has 0 aliphatic rings. The molecule has 2 rings (SSSR count). The third-order valence-corrected chi connectivity index (χ3v) is 4.22. The van der Waals surface area contributed by atoms with E-state index in [9.17, 15) is 13.2 Å². The Morgan fingerprint density at radius 2 is 2.10 bits per heavy atom. The van der Waals surface area contributed by atoms with Crippen molar-refractivity contribution in [2.75, 3.05) is 4.72 Å². The topological polar surface area (TPSA) is 114 Å². The summed E-state index contributed by atoms with van der Waals surface area (Å²) in [5.41, 5.74) is -0.122. The van der Waals surface area contributed by atoms with Crippen molar-refractivity contribution in [1.82, 2.24) is 14.8 Å². The minimum atomic E-state index is -3.99. The highest BCUT2D eigenvalue weighted by molar-refractivity contribution is 7.92. The van der Waals surface area contributed by atoms with Crippen LogP contribution in [0.1, 0.15) is 10.4 Å². The van der Waals surface area contributed by atoms with E-state index in [0.29, 0.717) is 0 Å². The van der Waals surface area contributed by atoms with E-state index < -0.39 is 16.0 Å². The fraction of sp³-hybridized carbons (Fsp3) is 0.100. The van der Waals surface area contributed by atoms with Gasteiger partial charge >= 0.3 is 5.97 Å². The molecule has 0 saturated carbocycles. The lowest BCUT2D eigenvalue weighted by atomic mass is 10.3. The smallest absolute Gasteiger partial charge is 0.337 e. The first-order valence-corrected chi connectivity index (χ1v) is 7.06. The van der Waals surface area contributed by atoms with Crippen molar-refractivity contribution in [2.24, 2.45) is 7.05 Å². The Hall–Kier alpha value is -2.13. The van der Waals surface area contributed by atoms with Gasteiger partial charge in [-0.05, 0) is 6.07 Å². The number of halogens is 1. The monoisotopic (exact) mass is 316 g/mol. The van der Waals surface area contributed by atoms with E-state index in [1.807, 2.05) is 0 Å². The Morgan fingerprint density at radius 1 is 1.40 bits per heavy atom. The van der Waals surface area contributed by atoms with Gasteiger partial charge in [-0.2, -0.15) is 13.5 Å². The molecule has 10 heteroatoms. The van der Waals surface area contributed by atoms with Crippen LogP contribution in [0.5, 0.6) is 0 Å². The molecule has 0 aliphatic carbocycles. The SMILES string of the molecule is Cn1ncc(Cl)c1S(=O)(=O)Nc1cncc(C(=O)O)c1. The predicted molar refractivity (Wildman–Crippen MR) is 70.2 cm³/mol. The Labute approximate surface area is 119 Å². The second kappa shape index (κ2) is 5.10. The molecule has 0 aromatic carbocycles. The van der Waals surface area contributed by atoms with Gasteiger partial charge in [0.1, 0.15) is 0 Å². The highest BCUT2D eigenvalue weighted by atomic mass is 35.5. The average Bonchev–Trinajstić information content (AvgIpc) is 2.69. The van der Waals surface area contributed by atoms with Crippen LogP contribution in [0.4, 0.5) is 5.69 Å². The number of carboxylic acids is 1. The number of carbonyl (C=O) groups is 1. The van der Waals surface area contributed by atoms with Crippen LogP contribution in [0.2, 0.25) is 5.02 Å². The van der Waals surface area contributed by atoms with E-state index in [-0.39, 0.29) is 21.3 Å². The maximum Gasteiger partial charge on any atom is 0.337 e. The molecule has 20 heavy (non-hydrogen) atoms. The van der Waals surface area contributed by atoms with Crippen molar-refractivity contribution in [2.45, 2.75) is 5.03 Å². The summed E-state index contributed by atoms with van der Waals surface area (Å²) >= 11 is 5.77. The molecule has 0 saturated heterocycles. The summed E-state index contributed by atoms with van der Waals surface area (Å²) in [7, 11) is -2.57. The van der Waals surface area contributed by atoms with Crippen LogP contribution in [-0.2, 0) is 17.1 Å². The van der Waals surface area contributed by atoms with Crippen LogP contribution in [0, 0.1) is 0 Å². The van der Waals surface area contributed by atoms with Gasteiger partial charge < -0.3 is 5.11 Å². The molecule has 2 aromatic heterocycles.